The number of likely N-dealkylation sites (tertiary alicyclic amines) is 1. The fourth-order valence-corrected chi connectivity index (χ4v) is 5.02. The molecule has 3 aromatic rings. The van der Waals surface area contributed by atoms with E-state index in [4.69, 9.17) is 4.74 Å². The zero-order chi connectivity index (χ0) is 21.3. The highest BCUT2D eigenvalue weighted by atomic mass is 32.1. The second-order valence-corrected chi connectivity index (χ2v) is 8.98. The van der Waals surface area contributed by atoms with Crippen LogP contribution in [0.15, 0.2) is 36.4 Å². The molecule has 5 nitrogen and oxygen atoms in total. The van der Waals surface area contributed by atoms with Crippen LogP contribution in [0, 0.1) is 18.7 Å². The number of carbonyl (C=O) groups excluding carboxylic acids is 2. The van der Waals surface area contributed by atoms with Crippen LogP contribution in [0.1, 0.15) is 40.7 Å². The molecule has 0 spiro atoms. The Morgan fingerprint density at radius 2 is 2.00 bits per heavy atom. The highest BCUT2D eigenvalue weighted by molar-refractivity contribution is 7.19. The number of aromatic nitrogens is 1. The average Bonchev–Trinajstić information content (AvgIpc) is 3.26. The summed E-state index contributed by atoms with van der Waals surface area (Å²) < 4.78 is 21.5. The lowest BCUT2D eigenvalue weighted by molar-refractivity contribution is -0.149. The predicted molar refractivity (Wildman–Crippen MR) is 115 cm³/mol. The van der Waals surface area contributed by atoms with E-state index in [0.29, 0.717) is 31.9 Å². The van der Waals surface area contributed by atoms with Gasteiger partial charge >= 0.3 is 5.97 Å². The van der Waals surface area contributed by atoms with E-state index in [1.54, 1.807) is 35.3 Å². The summed E-state index contributed by atoms with van der Waals surface area (Å²) in [7, 11) is 0. The van der Waals surface area contributed by atoms with Crippen molar-refractivity contribution in [1.82, 2.24) is 9.47 Å². The van der Waals surface area contributed by atoms with Crippen molar-refractivity contribution in [2.24, 2.45) is 5.92 Å². The number of esters is 1. The van der Waals surface area contributed by atoms with Crippen molar-refractivity contribution in [2.45, 2.75) is 33.2 Å². The molecular formula is C23H25FN2O3S. The van der Waals surface area contributed by atoms with Gasteiger partial charge in [0.25, 0.3) is 5.91 Å². The summed E-state index contributed by atoms with van der Waals surface area (Å²) in [6, 6.07) is 10.4. The van der Waals surface area contributed by atoms with Crippen LogP contribution in [0.2, 0.25) is 0 Å². The van der Waals surface area contributed by atoms with Crippen molar-refractivity contribution in [1.29, 1.82) is 0 Å². The van der Waals surface area contributed by atoms with Crippen LogP contribution >= 0.6 is 11.3 Å². The van der Waals surface area contributed by atoms with E-state index in [1.807, 2.05) is 17.6 Å². The van der Waals surface area contributed by atoms with E-state index in [9.17, 15) is 14.0 Å². The Morgan fingerprint density at radius 1 is 1.23 bits per heavy atom. The maximum absolute atomic E-state index is 13.4. The molecule has 3 heterocycles. The van der Waals surface area contributed by atoms with Crippen molar-refractivity contribution in [3.05, 3.63) is 58.3 Å². The smallest absolute Gasteiger partial charge is 0.310 e. The summed E-state index contributed by atoms with van der Waals surface area (Å²) in [4.78, 5) is 28.6. The number of piperidine rings is 1. The van der Waals surface area contributed by atoms with Gasteiger partial charge in [-0.3, -0.25) is 9.59 Å². The summed E-state index contributed by atoms with van der Waals surface area (Å²) >= 11 is 1.65. The van der Waals surface area contributed by atoms with Crippen LogP contribution in [0.25, 0.3) is 10.2 Å². The van der Waals surface area contributed by atoms with Gasteiger partial charge in [0.1, 0.15) is 11.5 Å². The number of fused-ring (bicyclic) bond motifs is 1. The molecule has 2 aromatic heterocycles. The molecular weight excluding hydrogens is 403 g/mol. The number of carbonyl (C=O) groups is 2. The quantitative estimate of drug-likeness (QED) is 0.558. The Bertz CT molecular complexity index is 1070. The first-order valence-electron chi connectivity index (χ1n) is 10.3. The first-order chi connectivity index (χ1) is 14.5. The molecule has 1 atom stereocenters. The van der Waals surface area contributed by atoms with Gasteiger partial charge in [-0.2, -0.15) is 0 Å². The molecule has 1 amide bonds. The van der Waals surface area contributed by atoms with E-state index in [2.05, 4.69) is 6.07 Å². The van der Waals surface area contributed by atoms with E-state index >= 15 is 0 Å². The fraction of sp³-hybridized carbons (Fsp3) is 0.391. The van der Waals surface area contributed by atoms with Gasteiger partial charge in [0.15, 0.2) is 0 Å². The van der Waals surface area contributed by atoms with Crippen LogP contribution < -0.4 is 0 Å². The van der Waals surface area contributed by atoms with E-state index in [1.165, 1.54) is 17.0 Å². The lowest BCUT2D eigenvalue weighted by atomic mass is 9.98. The second kappa shape index (κ2) is 8.60. The van der Waals surface area contributed by atoms with Gasteiger partial charge in [-0.15, -0.1) is 11.3 Å². The Balaban J connectivity index is 1.64. The van der Waals surface area contributed by atoms with Gasteiger partial charge < -0.3 is 14.2 Å². The van der Waals surface area contributed by atoms with Gasteiger partial charge in [0.05, 0.1) is 22.7 Å². The Kier molecular flexibility index (Phi) is 5.90. The lowest BCUT2D eigenvalue weighted by Crippen LogP contribution is -2.43. The third kappa shape index (κ3) is 4.12. The molecule has 158 valence electrons. The maximum Gasteiger partial charge on any atom is 0.310 e. The second-order valence-electron chi connectivity index (χ2n) is 7.69. The number of ether oxygens (including phenoxy) is 1. The minimum absolute atomic E-state index is 0.0767. The summed E-state index contributed by atoms with van der Waals surface area (Å²) in [6.07, 6.45) is 1.52. The van der Waals surface area contributed by atoms with Crippen LogP contribution in [0.5, 0.6) is 0 Å². The van der Waals surface area contributed by atoms with Crippen LogP contribution in [0.4, 0.5) is 4.39 Å². The molecule has 1 aliphatic heterocycles. The van der Waals surface area contributed by atoms with Crippen LogP contribution in [-0.4, -0.2) is 41.0 Å². The van der Waals surface area contributed by atoms with Gasteiger partial charge in [-0.25, -0.2) is 4.39 Å². The molecule has 0 bridgehead atoms. The van der Waals surface area contributed by atoms with Gasteiger partial charge in [0, 0.05) is 24.5 Å². The maximum atomic E-state index is 13.4. The molecule has 0 unspecified atom stereocenters. The van der Waals surface area contributed by atoms with E-state index in [-0.39, 0.29) is 23.6 Å². The molecule has 0 N–H and O–H groups in total. The van der Waals surface area contributed by atoms with Crippen LogP contribution in [0.3, 0.4) is 0 Å². The molecule has 7 heteroatoms. The Morgan fingerprint density at radius 3 is 2.73 bits per heavy atom. The summed E-state index contributed by atoms with van der Waals surface area (Å²) in [5.74, 6) is -0.857. The molecule has 1 fully saturated rings. The van der Waals surface area contributed by atoms with Crippen molar-refractivity contribution in [2.75, 3.05) is 19.7 Å². The zero-order valence-corrected chi connectivity index (χ0v) is 18.0. The Hall–Kier alpha value is -2.67. The average molecular weight is 429 g/mol. The predicted octanol–water partition coefficient (Wildman–Crippen LogP) is 4.61. The van der Waals surface area contributed by atoms with Crippen molar-refractivity contribution >= 4 is 33.4 Å². The van der Waals surface area contributed by atoms with Crippen molar-refractivity contribution < 1.29 is 18.7 Å². The standard InChI is InChI=1S/C23H25FN2O3S/c1-3-29-23(28)17-5-4-10-25(14-17)22(27)20-12-21-19(11-15(2)30-21)26(20)13-16-6-8-18(24)9-7-16/h6-9,11-12,17H,3-5,10,13-14H2,1-2H3/t17-/m0/s1. The molecule has 1 aromatic carbocycles. The van der Waals surface area contributed by atoms with Crippen LogP contribution in [-0.2, 0) is 16.1 Å². The van der Waals surface area contributed by atoms with E-state index in [0.717, 1.165) is 28.6 Å². The highest BCUT2D eigenvalue weighted by Crippen LogP contribution is 2.31. The first kappa shape index (κ1) is 20.6. The lowest BCUT2D eigenvalue weighted by Gasteiger charge is -2.31. The minimum Gasteiger partial charge on any atom is -0.466 e. The third-order valence-electron chi connectivity index (χ3n) is 5.51. The monoisotopic (exact) mass is 428 g/mol. The number of nitrogens with zero attached hydrogens (tertiary/aromatic N) is 2. The molecule has 30 heavy (non-hydrogen) atoms. The van der Waals surface area contributed by atoms with Crippen molar-refractivity contribution in [3.63, 3.8) is 0 Å². The summed E-state index contributed by atoms with van der Waals surface area (Å²) in [5, 5.41) is 0. The highest BCUT2D eigenvalue weighted by Gasteiger charge is 2.31. The number of hydrogen-bond donors (Lipinski definition) is 0. The SMILES string of the molecule is CCOC(=O)[C@H]1CCCN(C(=O)c2cc3sc(C)cc3n2Cc2ccc(F)cc2)C1. The molecule has 0 radical (unpaired) electrons. The number of amides is 1. The van der Waals surface area contributed by atoms with Gasteiger partial charge in [-0.05, 0) is 56.5 Å². The van der Waals surface area contributed by atoms with Gasteiger partial charge in [0.2, 0.25) is 0 Å². The van der Waals surface area contributed by atoms with Crippen molar-refractivity contribution in [3.8, 4) is 0 Å². The zero-order valence-electron chi connectivity index (χ0n) is 17.2. The molecule has 4 rings (SSSR count). The summed E-state index contributed by atoms with van der Waals surface area (Å²) in [6.45, 7) is 5.68. The third-order valence-corrected chi connectivity index (χ3v) is 6.50. The fourth-order valence-electron chi connectivity index (χ4n) is 4.06. The number of rotatable bonds is 5. The van der Waals surface area contributed by atoms with E-state index < -0.39 is 0 Å². The normalized spacial score (nSPS) is 16.8. The largest absolute Gasteiger partial charge is 0.466 e. The number of thiophene rings is 1. The Labute approximate surface area is 179 Å². The number of aryl methyl sites for hydroxylation is 1. The molecule has 0 saturated carbocycles. The number of benzene rings is 1. The number of halogens is 1. The molecule has 0 aliphatic carbocycles. The molecule has 1 aliphatic rings. The first-order valence-corrected chi connectivity index (χ1v) is 11.1. The minimum atomic E-state index is -0.280. The van der Waals surface area contributed by atoms with Gasteiger partial charge in [-0.1, -0.05) is 12.1 Å². The topological polar surface area (TPSA) is 51.5 Å². The molecule has 1 saturated heterocycles. The number of hydrogen-bond acceptors (Lipinski definition) is 4. The summed E-state index contributed by atoms with van der Waals surface area (Å²) in [5.41, 5.74) is 2.53.